The molecule has 0 radical (unpaired) electrons. The largest absolute Gasteiger partial charge is 0.352 e. The predicted molar refractivity (Wildman–Crippen MR) is 99.2 cm³/mol. The van der Waals surface area contributed by atoms with E-state index in [4.69, 9.17) is 11.6 Å². The van der Waals surface area contributed by atoms with Gasteiger partial charge in [0.2, 0.25) is 0 Å². The molecule has 3 rings (SSSR count). The maximum Gasteiger partial charge on any atom is 0.272 e. The number of carbonyl (C=O) groups is 1. The summed E-state index contributed by atoms with van der Waals surface area (Å²) in [6.45, 7) is 2.19. The number of halogens is 1. The molecule has 25 heavy (non-hydrogen) atoms. The first kappa shape index (κ1) is 17.2. The number of hydrogen-bond acceptors (Lipinski definition) is 3. The van der Waals surface area contributed by atoms with Gasteiger partial charge in [-0.3, -0.25) is 9.59 Å². The van der Waals surface area contributed by atoms with Crippen LogP contribution < -0.4 is 10.9 Å². The van der Waals surface area contributed by atoms with Gasteiger partial charge in [0.25, 0.3) is 11.5 Å². The molecule has 0 aliphatic carbocycles. The molecule has 1 heterocycles. The maximum atomic E-state index is 12.3. The van der Waals surface area contributed by atoms with Crippen molar-refractivity contribution in [2.45, 2.75) is 13.3 Å². The Morgan fingerprint density at radius 2 is 1.92 bits per heavy atom. The zero-order valence-electron chi connectivity index (χ0n) is 14.0. The van der Waals surface area contributed by atoms with Crippen LogP contribution in [0.5, 0.6) is 0 Å². The van der Waals surface area contributed by atoms with Crippen LogP contribution >= 0.6 is 11.6 Å². The molecule has 0 bridgehead atoms. The van der Waals surface area contributed by atoms with E-state index in [1.807, 2.05) is 24.3 Å². The highest BCUT2D eigenvalue weighted by Crippen LogP contribution is 2.13. The van der Waals surface area contributed by atoms with Crippen LogP contribution in [0.15, 0.2) is 47.3 Å². The second-order valence-electron chi connectivity index (χ2n) is 5.90. The number of hydrogen-bond donors (Lipinski definition) is 1. The smallest absolute Gasteiger partial charge is 0.272 e. The van der Waals surface area contributed by atoms with E-state index in [2.05, 4.69) is 10.3 Å². The number of nitrogens with one attached hydrogen (secondary N) is 1. The summed E-state index contributed by atoms with van der Waals surface area (Å²) in [7, 11) is 1.70. The van der Waals surface area contributed by atoms with Gasteiger partial charge in [0.05, 0.1) is 11.0 Å². The first-order valence-corrected chi connectivity index (χ1v) is 8.33. The summed E-state index contributed by atoms with van der Waals surface area (Å²) in [5.74, 6) is -0.163. The van der Waals surface area contributed by atoms with E-state index < -0.39 is 0 Å². The lowest BCUT2D eigenvalue weighted by molar-refractivity contribution is 0.0954. The van der Waals surface area contributed by atoms with Crippen LogP contribution in [0.3, 0.4) is 0 Å². The summed E-state index contributed by atoms with van der Waals surface area (Å²) in [5.41, 5.74) is 3.24. The third-order valence-corrected chi connectivity index (χ3v) is 4.37. The number of nitrogens with zero attached hydrogens (tertiary/aromatic N) is 2. The summed E-state index contributed by atoms with van der Waals surface area (Å²) in [6.07, 6.45) is 0.725. The van der Waals surface area contributed by atoms with Crippen molar-refractivity contribution >= 4 is 28.5 Å². The Hall–Kier alpha value is -2.66. The van der Waals surface area contributed by atoms with E-state index >= 15 is 0 Å². The molecule has 3 aromatic rings. The molecule has 0 aliphatic rings. The fraction of sp³-hybridized carbons (Fsp3) is 0.211. The zero-order chi connectivity index (χ0) is 18.0. The normalized spacial score (nSPS) is 10.8. The van der Waals surface area contributed by atoms with Gasteiger partial charge in [-0.05, 0) is 49.2 Å². The zero-order valence-corrected chi connectivity index (χ0v) is 14.8. The Kier molecular flexibility index (Phi) is 4.86. The average Bonchev–Trinajstić information content (AvgIpc) is 2.61. The number of amides is 1. The first-order valence-electron chi connectivity index (χ1n) is 7.96. The van der Waals surface area contributed by atoms with E-state index in [1.54, 1.807) is 36.7 Å². The van der Waals surface area contributed by atoms with Crippen LogP contribution in [0.4, 0.5) is 0 Å². The standard InChI is InChI=1S/C19H18ClN3O2/c1-12-19(25)23(2)17-8-5-14(11-16(17)22-12)18(24)21-10-9-13-3-6-15(20)7-4-13/h3-8,11H,9-10H2,1-2H3,(H,21,24). The number of aryl methyl sites for hydroxylation is 2. The van der Waals surface area contributed by atoms with E-state index in [1.165, 1.54) is 0 Å². The second kappa shape index (κ2) is 7.07. The van der Waals surface area contributed by atoms with Crippen LogP contribution in [-0.4, -0.2) is 22.0 Å². The van der Waals surface area contributed by atoms with Gasteiger partial charge in [-0.2, -0.15) is 0 Å². The molecule has 6 heteroatoms. The van der Waals surface area contributed by atoms with Crippen molar-refractivity contribution in [1.82, 2.24) is 14.9 Å². The topological polar surface area (TPSA) is 64.0 Å². The van der Waals surface area contributed by atoms with Gasteiger partial charge in [0, 0.05) is 24.2 Å². The van der Waals surface area contributed by atoms with Crippen molar-refractivity contribution in [3.63, 3.8) is 0 Å². The lowest BCUT2D eigenvalue weighted by Crippen LogP contribution is -2.26. The number of aromatic nitrogens is 2. The molecule has 0 aliphatic heterocycles. The van der Waals surface area contributed by atoms with Crippen molar-refractivity contribution in [3.05, 3.63) is 74.7 Å². The average molecular weight is 356 g/mol. The molecule has 0 fully saturated rings. The minimum Gasteiger partial charge on any atom is -0.352 e. The molecular formula is C19H18ClN3O2. The molecule has 128 valence electrons. The molecule has 0 atom stereocenters. The molecule has 2 aromatic carbocycles. The van der Waals surface area contributed by atoms with Gasteiger partial charge < -0.3 is 9.88 Å². The van der Waals surface area contributed by atoms with Gasteiger partial charge in [-0.25, -0.2) is 4.98 Å². The molecular weight excluding hydrogens is 338 g/mol. The van der Waals surface area contributed by atoms with Crippen LogP contribution in [-0.2, 0) is 13.5 Å². The third-order valence-electron chi connectivity index (χ3n) is 4.11. The van der Waals surface area contributed by atoms with E-state index in [0.717, 1.165) is 12.0 Å². The second-order valence-corrected chi connectivity index (χ2v) is 6.33. The quantitative estimate of drug-likeness (QED) is 0.782. The summed E-state index contributed by atoms with van der Waals surface area (Å²) >= 11 is 5.86. The molecule has 1 N–H and O–H groups in total. The Morgan fingerprint density at radius 1 is 1.20 bits per heavy atom. The highest BCUT2D eigenvalue weighted by atomic mass is 35.5. The van der Waals surface area contributed by atoms with E-state index in [0.29, 0.717) is 33.9 Å². The SMILES string of the molecule is Cc1nc2cc(C(=O)NCCc3ccc(Cl)cc3)ccc2n(C)c1=O. The molecule has 0 saturated carbocycles. The van der Waals surface area contributed by atoms with E-state index in [-0.39, 0.29) is 11.5 Å². The number of fused-ring (bicyclic) bond motifs is 1. The van der Waals surface area contributed by atoms with Gasteiger partial charge >= 0.3 is 0 Å². The Balaban J connectivity index is 1.72. The number of benzene rings is 2. The Morgan fingerprint density at radius 3 is 2.64 bits per heavy atom. The number of rotatable bonds is 4. The van der Waals surface area contributed by atoms with E-state index in [9.17, 15) is 9.59 Å². The van der Waals surface area contributed by atoms with Crippen LogP contribution in [0.2, 0.25) is 5.02 Å². The van der Waals surface area contributed by atoms with Crippen molar-refractivity contribution in [2.75, 3.05) is 6.54 Å². The predicted octanol–water partition coefficient (Wildman–Crippen LogP) is 2.87. The first-order chi connectivity index (χ1) is 12.0. The molecule has 0 saturated heterocycles. The molecule has 1 amide bonds. The molecule has 5 nitrogen and oxygen atoms in total. The molecule has 1 aromatic heterocycles. The third kappa shape index (κ3) is 3.72. The Bertz CT molecular complexity index is 994. The van der Waals surface area contributed by atoms with Crippen molar-refractivity contribution in [2.24, 2.45) is 7.05 Å². The van der Waals surface area contributed by atoms with Crippen LogP contribution in [0, 0.1) is 6.92 Å². The lowest BCUT2D eigenvalue weighted by Gasteiger charge is -2.09. The summed E-state index contributed by atoms with van der Waals surface area (Å²) < 4.78 is 1.54. The van der Waals surface area contributed by atoms with Crippen molar-refractivity contribution < 1.29 is 4.79 Å². The number of carbonyl (C=O) groups excluding carboxylic acids is 1. The minimum atomic E-state index is -0.163. The fourth-order valence-electron chi connectivity index (χ4n) is 2.69. The highest BCUT2D eigenvalue weighted by Gasteiger charge is 2.10. The Labute approximate surface area is 150 Å². The van der Waals surface area contributed by atoms with Crippen molar-refractivity contribution in [1.29, 1.82) is 0 Å². The van der Waals surface area contributed by atoms with Crippen molar-refractivity contribution in [3.8, 4) is 0 Å². The molecule has 0 spiro atoms. The monoisotopic (exact) mass is 355 g/mol. The summed E-state index contributed by atoms with van der Waals surface area (Å²) in [5, 5.41) is 3.59. The minimum absolute atomic E-state index is 0.132. The summed E-state index contributed by atoms with van der Waals surface area (Å²) in [4.78, 5) is 28.5. The maximum absolute atomic E-state index is 12.3. The molecule has 0 unspecified atom stereocenters. The van der Waals surface area contributed by atoms with Crippen LogP contribution in [0.1, 0.15) is 21.6 Å². The van der Waals surface area contributed by atoms with Crippen LogP contribution in [0.25, 0.3) is 11.0 Å². The summed E-state index contributed by atoms with van der Waals surface area (Å²) in [6, 6.07) is 12.7. The van der Waals surface area contributed by atoms with Gasteiger partial charge in [0.1, 0.15) is 5.69 Å². The lowest BCUT2D eigenvalue weighted by atomic mass is 10.1. The fourth-order valence-corrected chi connectivity index (χ4v) is 2.82. The highest BCUT2D eigenvalue weighted by molar-refractivity contribution is 6.30. The van der Waals surface area contributed by atoms with Gasteiger partial charge in [-0.15, -0.1) is 0 Å². The van der Waals surface area contributed by atoms with Gasteiger partial charge in [-0.1, -0.05) is 23.7 Å². The van der Waals surface area contributed by atoms with Gasteiger partial charge in [0.15, 0.2) is 0 Å².